The number of hydrogen-bond acceptors (Lipinski definition) is 1. The second-order valence-corrected chi connectivity index (χ2v) is 4.31. The number of carboxylic acids is 1. The Morgan fingerprint density at radius 3 is 2.61 bits per heavy atom. The third-order valence-corrected chi connectivity index (χ3v) is 3.18. The maximum absolute atomic E-state index is 13.1. The van der Waals surface area contributed by atoms with Gasteiger partial charge in [0.05, 0.1) is 5.56 Å². The summed E-state index contributed by atoms with van der Waals surface area (Å²) in [6.07, 6.45) is 0. The molecule has 0 saturated carbocycles. The molecule has 2 aromatic rings. The SMILES string of the molecule is Cc1c(Cl)cccc1-c1ccc(F)cc1C(=O)O. The Bertz CT molecular complexity index is 623. The van der Waals surface area contributed by atoms with E-state index in [2.05, 4.69) is 0 Å². The van der Waals surface area contributed by atoms with E-state index in [4.69, 9.17) is 16.7 Å². The molecule has 0 aliphatic rings. The zero-order chi connectivity index (χ0) is 13.3. The number of carbonyl (C=O) groups is 1. The quantitative estimate of drug-likeness (QED) is 0.885. The number of rotatable bonds is 2. The van der Waals surface area contributed by atoms with Crippen LogP contribution in [0.2, 0.25) is 5.02 Å². The van der Waals surface area contributed by atoms with E-state index in [-0.39, 0.29) is 5.56 Å². The molecule has 0 aliphatic heterocycles. The van der Waals surface area contributed by atoms with Crippen LogP contribution in [0.3, 0.4) is 0 Å². The first-order valence-electron chi connectivity index (χ1n) is 5.29. The summed E-state index contributed by atoms with van der Waals surface area (Å²) in [6.45, 7) is 1.80. The van der Waals surface area contributed by atoms with Crippen LogP contribution >= 0.6 is 11.6 Å². The van der Waals surface area contributed by atoms with Crippen LogP contribution in [0.4, 0.5) is 4.39 Å². The highest BCUT2D eigenvalue weighted by Crippen LogP contribution is 2.31. The zero-order valence-electron chi connectivity index (χ0n) is 9.58. The first-order valence-corrected chi connectivity index (χ1v) is 5.67. The van der Waals surface area contributed by atoms with Gasteiger partial charge in [-0.05, 0) is 41.8 Å². The molecule has 0 atom stereocenters. The molecule has 0 amide bonds. The number of hydrogen-bond donors (Lipinski definition) is 1. The van der Waals surface area contributed by atoms with Gasteiger partial charge in [-0.25, -0.2) is 9.18 Å². The van der Waals surface area contributed by atoms with Crippen molar-refractivity contribution < 1.29 is 14.3 Å². The van der Waals surface area contributed by atoms with E-state index in [9.17, 15) is 9.18 Å². The molecule has 0 fully saturated rings. The van der Waals surface area contributed by atoms with Crippen LogP contribution in [0, 0.1) is 12.7 Å². The molecular weight excluding hydrogens is 255 g/mol. The van der Waals surface area contributed by atoms with Gasteiger partial charge in [-0.2, -0.15) is 0 Å². The Morgan fingerprint density at radius 2 is 1.94 bits per heavy atom. The first kappa shape index (κ1) is 12.6. The molecule has 0 radical (unpaired) electrons. The lowest BCUT2D eigenvalue weighted by Crippen LogP contribution is -2.01. The molecule has 1 N–H and O–H groups in total. The van der Waals surface area contributed by atoms with Crippen molar-refractivity contribution in [3.8, 4) is 11.1 Å². The lowest BCUT2D eigenvalue weighted by atomic mass is 9.96. The molecule has 0 spiro atoms. The fourth-order valence-corrected chi connectivity index (χ4v) is 2.00. The Labute approximate surface area is 109 Å². The Hall–Kier alpha value is -1.87. The molecule has 0 aromatic heterocycles. The van der Waals surface area contributed by atoms with Crippen LogP contribution < -0.4 is 0 Å². The van der Waals surface area contributed by atoms with E-state index in [1.54, 1.807) is 25.1 Å². The van der Waals surface area contributed by atoms with Gasteiger partial charge < -0.3 is 5.11 Å². The summed E-state index contributed by atoms with van der Waals surface area (Å²) in [6, 6.07) is 8.93. The van der Waals surface area contributed by atoms with Gasteiger partial charge in [0.1, 0.15) is 5.82 Å². The zero-order valence-corrected chi connectivity index (χ0v) is 10.3. The van der Waals surface area contributed by atoms with E-state index in [1.165, 1.54) is 12.1 Å². The molecule has 92 valence electrons. The Balaban J connectivity index is 2.71. The fraction of sp³-hybridized carbons (Fsp3) is 0.0714. The van der Waals surface area contributed by atoms with Gasteiger partial charge in [-0.15, -0.1) is 0 Å². The van der Waals surface area contributed by atoms with Gasteiger partial charge >= 0.3 is 5.97 Å². The van der Waals surface area contributed by atoms with Crippen molar-refractivity contribution in [3.63, 3.8) is 0 Å². The second kappa shape index (κ2) is 4.78. The fourth-order valence-electron chi connectivity index (χ4n) is 1.83. The van der Waals surface area contributed by atoms with Crippen LogP contribution in [-0.2, 0) is 0 Å². The van der Waals surface area contributed by atoms with Crippen molar-refractivity contribution in [2.24, 2.45) is 0 Å². The average Bonchev–Trinajstić information content (AvgIpc) is 2.33. The van der Waals surface area contributed by atoms with Gasteiger partial charge in [0.25, 0.3) is 0 Å². The van der Waals surface area contributed by atoms with Crippen molar-refractivity contribution in [1.82, 2.24) is 0 Å². The first-order chi connectivity index (χ1) is 8.50. The van der Waals surface area contributed by atoms with Crippen molar-refractivity contribution in [2.45, 2.75) is 6.92 Å². The molecule has 0 saturated heterocycles. The minimum Gasteiger partial charge on any atom is -0.478 e. The molecule has 2 aromatic carbocycles. The van der Waals surface area contributed by atoms with Gasteiger partial charge in [-0.3, -0.25) is 0 Å². The van der Waals surface area contributed by atoms with Crippen molar-refractivity contribution in [3.05, 3.63) is 58.4 Å². The Morgan fingerprint density at radius 1 is 1.22 bits per heavy atom. The number of aromatic carboxylic acids is 1. The summed E-state index contributed by atoms with van der Waals surface area (Å²) in [5, 5.41) is 9.66. The molecular formula is C14H10ClFO2. The van der Waals surface area contributed by atoms with Gasteiger partial charge in [0.15, 0.2) is 0 Å². The molecule has 0 heterocycles. The predicted molar refractivity (Wildman–Crippen MR) is 68.5 cm³/mol. The summed E-state index contributed by atoms with van der Waals surface area (Å²) >= 11 is 6.01. The summed E-state index contributed by atoms with van der Waals surface area (Å²) in [5.74, 6) is -1.74. The van der Waals surface area contributed by atoms with Crippen LogP contribution in [0.1, 0.15) is 15.9 Å². The summed E-state index contributed by atoms with van der Waals surface area (Å²) in [7, 11) is 0. The van der Waals surface area contributed by atoms with E-state index in [0.29, 0.717) is 16.1 Å². The molecule has 0 aliphatic carbocycles. The Kier molecular flexibility index (Phi) is 3.34. The molecule has 0 bridgehead atoms. The maximum Gasteiger partial charge on any atom is 0.336 e. The number of halogens is 2. The molecule has 2 rings (SSSR count). The monoisotopic (exact) mass is 264 g/mol. The third kappa shape index (κ3) is 2.22. The topological polar surface area (TPSA) is 37.3 Å². The minimum absolute atomic E-state index is 0.0691. The highest BCUT2D eigenvalue weighted by Gasteiger charge is 2.15. The van der Waals surface area contributed by atoms with Crippen LogP contribution in [0.25, 0.3) is 11.1 Å². The largest absolute Gasteiger partial charge is 0.478 e. The van der Waals surface area contributed by atoms with Crippen LogP contribution in [0.15, 0.2) is 36.4 Å². The second-order valence-electron chi connectivity index (χ2n) is 3.91. The molecule has 2 nitrogen and oxygen atoms in total. The maximum atomic E-state index is 13.1. The van der Waals surface area contributed by atoms with Crippen molar-refractivity contribution >= 4 is 17.6 Å². The molecule has 0 unspecified atom stereocenters. The van der Waals surface area contributed by atoms with Gasteiger partial charge in [0.2, 0.25) is 0 Å². The van der Waals surface area contributed by atoms with Crippen molar-refractivity contribution in [2.75, 3.05) is 0 Å². The highest BCUT2D eigenvalue weighted by molar-refractivity contribution is 6.31. The predicted octanol–water partition coefficient (Wildman–Crippen LogP) is 4.15. The van der Waals surface area contributed by atoms with E-state index >= 15 is 0 Å². The summed E-state index contributed by atoms with van der Waals surface area (Å²) < 4.78 is 13.1. The molecule has 18 heavy (non-hydrogen) atoms. The van der Waals surface area contributed by atoms with E-state index < -0.39 is 11.8 Å². The van der Waals surface area contributed by atoms with Crippen molar-refractivity contribution in [1.29, 1.82) is 0 Å². The lowest BCUT2D eigenvalue weighted by molar-refractivity contribution is 0.0697. The van der Waals surface area contributed by atoms with Gasteiger partial charge in [-0.1, -0.05) is 29.8 Å². The lowest BCUT2D eigenvalue weighted by Gasteiger charge is -2.10. The third-order valence-electron chi connectivity index (χ3n) is 2.77. The average molecular weight is 265 g/mol. The van der Waals surface area contributed by atoms with Gasteiger partial charge in [0, 0.05) is 5.02 Å². The number of carboxylic acid groups (broad SMARTS) is 1. The summed E-state index contributed by atoms with van der Waals surface area (Å²) in [5.41, 5.74) is 1.86. The van der Waals surface area contributed by atoms with E-state index in [1.807, 2.05) is 0 Å². The van der Waals surface area contributed by atoms with Crippen LogP contribution in [0.5, 0.6) is 0 Å². The van der Waals surface area contributed by atoms with Crippen LogP contribution in [-0.4, -0.2) is 11.1 Å². The standard InChI is InChI=1S/C14H10ClFO2/c1-8-10(3-2-4-13(8)15)11-6-5-9(16)7-12(11)14(17)18/h2-7H,1H3,(H,17,18). The number of benzene rings is 2. The highest BCUT2D eigenvalue weighted by atomic mass is 35.5. The smallest absolute Gasteiger partial charge is 0.336 e. The summed E-state index contributed by atoms with van der Waals surface area (Å²) in [4.78, 5) is 11.1. The molecule has 4 heteroatoms. The minimum atomic E-state index is -1.16. The normalized spacial score (nSPS) is 10.4. The van der Waals surface area contributed by atoms with E-state index in [0.717, 1.165) is 11.6 Å².